The van der Waals surface area contributed by atoms with Crippen LogP contribution in [0.1, 0.15) is 24.5 Å². The van der Waals surface area contributed by atoms with Gasteiger partial charge in [-0.25, -0.2) is 4.79 Å². The van der Waals surface area contributed by atoms with Crippen LogP contribution in [0.15, 0.2) is 24.3 Å². The number of carboxylic acid groups (broad SMARTS) is 1. The normalized spacial score (nSPS) is 10.0. The van der Waals surface area contributed by atoms with Crippen LogP contribution in [0.5, 0.6) is 0 Å². The van der Waals surface area contributed by atoms with Gasteiger partial charge in [-0.15, -0.1) is 0 Å². The molecule has 1 amide bonds. The zero-order chi connectivity index (χ0) is 12.8. The standard InChI is InChI=1S/C13H17NO3/c1-10(15)3-4-11-5-7-12(8-6-11)9-14(2)13(16)17/h5-8H,3-4,9H2,1-2H3,(H,16,17). The molecule has 0 spiro atoms. The van der Waals surface area contributed by atoms with Gasteiger partial charge in [-0.2, -0.15) is 0 Å². The second kappa shape index (κ2) is 6.03. The van der Waals surface area contributed by atoms with Crippen LogP contribution in [0.4, 0.5) is 4.79 Å². The summed E-state index contributed by atoms with van der Waals surface area (Å²) >= 11 is 0. The van der Waals surface area contributed by atoms with E-state index in [0.717, 1.165) is 17.5 Å². The monoisotopic (exact) mass is 235 g/mol. The van der Waals surface area contributed by atoms with Crippen molar-refractivity contribution < 1.29 is 14.7 Å². The summed E-state index contributed by atoms with van der Waals surface area (Å²) in [5.41, 5.74) is 2.04. The SMILES string of the molecule is CC(=O)CCc1ccc(CN(C)C(=O)O)cc1. The first-order valence-electron chi connectivity index (χ1n) is 5.50. The van der Waals surface area contributed by atoms with Gasteiger partial charge in [0.05, 0.1) is 0 Å². The van der Waals surface area contributed by atoms with E-state index < -0.39 is 6.09 Å². The topological polar surface area (TPSA) is 57.6 Å². The van der Waals surface area contributed by atoms with Crippen molar-refractivity contribution in [1.29, 1.82) is 0 Å². The summed E-state index contributed by atoms with van der Waals surface area (Å²) in [5.74, 6) is 0.180. The molecule has 92 valence electrons. The Morgan fingerprint density at radius 3 is 2.18 bits per heavy atom. The second-order valence-corrected chi connectivity index (χ2v) is 4.16. The summed E-state index contributed by atoms with van der Waals surface area (Å²) in [6, 6.07) is 7.67. The van der Waals surface area contributed by atoms with Crippen LogP contribution >= 0.6 is 0 Å². The Morgan fingerprint density at radius 2 is 1.71 bits per heavy atom. The first-order valence-corrected chi connectivity index (χ1v) is 5.50. The molecule has 1 aromatic carbocycles. The number of hydrogen-bond donors (Lipinski definition) is 1. The molecule has 0 aliphatic heterocycles. The van der Waals surface area contributed by atoms with Crippen LogP contribution in [0.25, 0.3) is 0 Å². The minimum atomic E-state index is -0.939. The first kappa shape index (κ1) is 13.2. The maximum absolute atomic E-state index is 10.8. The highest BCUT2D eigenvalue weighted by Gasteiger charge is 2.05. The van der Waals surface area contributed by atoms with Crippen LogP contribution in [0.2, 0.25) is 0 Å². The first-order chi connectivity index (χ1) is 7.99. The molecule has 4 heteroatoms. The van der Waals surface area contributed by atoms with Crippen molar-refractivity contribution >= 4 is 11.9 Å². The molecule has 0 atom stereocenters. The lowest BCUT2D eigenvalue weighted by Gasteiger charge is -2.12. The molecule has 0 unspecified atom stereocenters. The zero-order valence-electron chi connectivity index (χ0n) is 10.1. The predicted octanol–water partition coefficient (Wildman–Crippen LogP) is 2.32. The molecule has 0 aromatic heterocycles. The largest absolute Gasteiger partial charge is 0.465 e. The number of hydrogen-bond acceptors (Lipinski definition) is 2. The van der Waals surface area contributed by atoms with Gasteiger partial charge < -0.3 is 14.8 Å². The zero-order valence-corrected chi connectivity index (χ0v) is 10.1. The summed E-state index contributed by atoms with van der Waals surface area (Å²) in [5, 5.41) is 8.73. The number of aryl methyl sites for hydroxylation is 1. The van der Waals surface area contributed by atoms with Gasteiger partial charge in [0.1, 0.15) is 5.78 Å². The summed E-state index contributed by atoms with van der Waals surface area (Å²) in [4.78, 5) is 22.7. The van der Waals surface area contributed by atoms with E-state index in [1.165, 1.54) is 11.9 Å². The van der Waals surface area contributed by atoms with Crippen LogP contribution < -0.4 is 0 Å². The lowest BCUT2D eigenvalue weighted by atomic mass is 10.1. The molecule has 0 bridgehead atoms. The molecule has 0 saturated carbocycles. The number of carbonyl (C=O) groups excluding carboxylic acids is 1. The van der Waals surface area contributed by atoms with Crippen molar-refractivity contribution in [3.05, 3.63) is 35.4 Å². The van der Waals surface area contributed by atoms with Gasteiger partial charge in [0.2, 0.25) is 0 Å². The molecular weight excluding hydrogens is 218 g/mol. The van der Waals surface area contributed by atoms with Gasteiger partial charge in [0, 0.05) is 20.0 Å². The van der Waals surface area contributed by atoms with Gasteiger partial charge in [-0.3, -0.25) is 0 Å². The van der Waals surface area contributed by atoms with E-state index in [0.29, 0.717) is 13.0 Å². The third-order valence-electron chi connectivity index (χ3n) is 2.54. The summed E-state index contributed by atoms with van der Waals surface area (Å²) in [7, 11) is 1.53. The number of rotatable bonds is 5. The van der Waals surface area contributed by atoms with Crippen LogP contribution in [0, 0.1) is 0 Å². The van der Waals surface area contributed by atoms with Crippen molar-refractivity contribution in [3.63, 3.8) is 0 Å². The number of ketones is 1. The highest BCUT2D eigenvalue weighted by atomic mass is 16.4. The number of benzene rings is 1. The number of nitrogens with zero attached hydrogens (tertiary/aromatic N) is 1. The van der Waals surface area contributed by atoms with Crippen LogP contribution in [-0.2, 0) is 17.8 Å². The molecule has 17 heavy (non-hydrogen) atoms. The van der Waals surface area contributed by atoms with E-state index >= 15 is 0 Å². The van der Waals surface area contributed by atoms with Gasteiger partial charge in [-0.05, 0) is 24.5 Å². The number of Topliss-reactive ketones (excluding diaryl/α,β-unsaturated/α-hetero) is 1. The molecule has 0 saturated heterocycles. The molecule has 1 rings (SSSR count). The summed E-state index contributed by atoms with van der Waals surface area (Å²) < 4.78 is 0. The fourth-order valence-electron chi connectivity index (χ4n) is 1.47. The van der Waals surface area contributed by atoms with Crippen LogP contribution in [0.3, 0.4) is 0 Å². The highest BCUT2D eigenvalue weighted by Crippen LogP contribution is 2.09. The van der Waals surface area contributed by atoms with Crippen molar-refractivity contribution in [3.8, 4) is 0 Å². The Balaban J connectivity index is 2.55. The van der Waals surface area contributed by atoms with Crippen LogP contribution in [-0.4, -0.2) is 28.9 Å². The van der Waals surface area contributed by atoms with Crippen molar-refractivity contribution in [1.82, 2.24) is 4.90 Å². The Bertz CT molecular complexity index is 398. The lowest BCUT2D eigenvalue weighted by molar-refractivity contribution is -0.116. The molecule has 0 fully saturated rings. The van der Waals surface area contributed by atoms with Gasteiger partial charge in [0.15, 0.2) is 0 Å². The molecule has 1 aromatic rings. The van der Waals surface area contributed by atoms with Gasteiger partial charge in [-0.1, -0.05) is 24.3 Å². The minimum absolute atomic E-state index is 0.180. The molecular formula is C13H17NO3. The smallest absolute Gasteiger partial charge is 0.407 e. The summed E-state index contributed by atoms with van der Waals surface area (Å²) in [6.45, 7) is 1.96. The molecule has 1 N–H and O–H groups in total. The minimum Gasteiger partial charge on any atom is -0.465 e. The Labute approximate surface area is 101 Å². The Morgan fingerprint density at radius 1 is 1.18 bits per heavy atom. The average molecular weight is 235 g/mol. The maximum Gasteiger partial charge on any atom is 0.407 e. The van der Waals surface area contributed by atoms with E-state index in [1.807, 2.05) is 24.3 Å². The third kappa shape index (κ3) is 4.68. The molecule has 0 aliphatic rings. The van der Waals surface area contributed by atoms with E-state index in [2.05, 4.69) is 0 Å². The van der Waals surface area contributed by atoms with Crippen molar-refractivity contribution in [2.75, 3.05) is 7.05 Å². The molecule has 0 heterocycles. The van der Waals surface area contributed by atoms with Gasteiger partial charge >= 0.3 is 6.09 Å². The third-order valence-corrected chi connectivity index (χ3v) is 2.54. The predicted molar refractivity (Wildman–Crippen MR) is 64.9 cm³/mol. The Hall–Kier alpha value is -1.84. The van der Waals surface area contributed by atoms with E-state index in [-0.39, 0.29) is 5.78 Å². The molecule has 0 aliphatic carbocycles. The highest BCUT2D eigenvalue weighted by molar-refractivity contribution is 5.75. The summed E-state index contributed by atoms with van der Waals surface area (Å²) in [6.07, 6.45) is 0.351. The molecule has 0 radical (unpaired) electrons. The quantitative estimate of drug-likeness (QED) is 0.852. The fourth-order valence-corrected chi connectivity index (χ4v) is 1.47. The van der Waals surface area contributed by atoms with E-state index in [4.69, 9.17) is 5.11 Å². The van der Waals surface area contributed by atoms with Crippen molar-refractivity contribution in [2.45, 2.75) is 26.3 Å². The van der Waals surface area contributed by atoms with Crippen molar-refractivity contribution in [2.24, 2.45) is 0 Å². The fraction of sp³-hybridized carbons (Fsp3) is 0.385. The number of carbonyl (C=O) groups is 2. The molecule has 4 nitrogen and oxygen atoms in total. The average Bonchev–Trinajstić information content (AvgIpc) is 2.28. The second-order valence-electron chi connectivity index (χ2n) is 4.16. The maximum atomic E-state index is 10.8. The number of amides is 1. The van der Waals surface area contributed by atoms with Gasteiger partial charge in [0.25, 0.3) is 0 Å². The lowest BCUT2D eigenvalue weighted by Crippen LogP contribution is -2.23. The van der Waals surface area contributed by atoms with E-state index in [9.17, 15) is 9.59 Å². The van der Waals surface area contributed by atoms with E-state index in [1.54, 1.807) is 6.92 Å². The Kier molecular flexibility index (Phi) is 4.69.